The summed E-state index contributed by atoms with van der Waals surface area (Å²) in [6, 6.07) is 0.559. The van der Waals surface area contributed by atoms with Gasteiger partial charge in [0.25, 0.3) is 0 Å². The molecule has 0 aromatic rings. The molecular formula is C8H15N. The van der Waals surface area contributed by atoms with Crippen molar-refractivity contribution in [3.8, 4) is 0 Å². The largest absolute Gasteiger partial charge is 0.313 e. The van der Waals surface area contributed by atoms with Crippen molar-refractivity contribution in [2.24, 2.45) is 0 Å². The molecule has 1 nitrogen and oxygen atoms in total. The summed E-state index contributed by atoms with van der Waals surface area (Å²) >= 11 is 0. The number of hydrogen-bond donors (Lipinski definition) is 1. The molecule has 0 saturated carbocycles. The molecule has 1 unspecified atom stereocenters. The van der Waals surface area contributed by atoms with Crippen molar-refractivity contribution in [2.75, 3.05) is 7.05 Å². The van der Waals surface area contributed by atoms with Gasteiger partial charge < -0.3 is 5.32 Å². The molecule has 0 aromatic carbocycles. The van der Waals surface area contributed by atoms with Crippen molar-refractivity contribution in [1.29, 1.82) is 0 Å². The van der Waals surface area contributed by atoms with Crippen LogP contribution in [0.1, 0.15) is 14.3 Å². The summed E-state index contributed by atoms with van der Waals surface area (Å²) in [5, 5.41) is 3.21. The van der Waals surface area contributed by atoms with Crippen LogP contribution in [0.25, 0.3) is 0 Å². The van der Waals surface area contributed by atoms with Gasteiger partial charge in [-0.05, 0) is 19.9 Å². The van der Waals surface area contributed by atoms with Gasteiger partial charge in [-0.1, -0.05) is 24.3 Å². The highest BCUT2D eigenvalue weighted by Gasteiger charge is 1.97. The molecule has 0 aliphatic heterocycles. The lowest BCUT2D eigenvalue weighted by atomic mass is 10.2. The second-order valence-electron chi connectivity index (χ2n) is 2.27. The standard InChI is InChI=1S/C8H13N.H2/c1-9-8-6-4-2-3-5-7-8;/h2,4-5,7-9H,3,6H2,1H3;1H. The fourth-order valence-electron chi connectivity index (χ4n) is 0.953. The van der Waals surface area contributed by atoms with E-state index < -0.39 is 0 Å². The van der Waals surface area contributed by atoms with Crippen LogP contribution >= 0.6 is 0 Å². The molecule has 0 heterocycles. The minimum atomic E-state index is 0. The van der Waals surface area contributed by atoms with Crippen LogP contribution in [0.5, 0.6) is 0 Å². The Balaban J connectivity index is 0.000000810. The van der Waals surface area contributed by atoms with Crippen LogP contribution in [0, 0.1) is 0 Å². The van der Waals surface area contributed by atoms with Gasteiger partial charge in [-0.2, -0.15) is 0 Å². The van der Waals surface area contributed by atoms with Gasteiger partial charge in [0.15, 0.2) is 0 Å². The molecular weight excluding hydrogens is 110 g/mol. The highest BCUT2D eigenvalue weighted by Crippen LogP contribution is 2.02. The SMILES string of the molecule is CNC1C=CCC=CC1.[HH]. The zero-order valence-corrected chi connectivity index (χ0v) is 5.80. The summed E-state index contributed by atoms with van der Waals surface area (Å²) in [6.07, 6.45) is 11.1. The van der Waals surface area contributed by atoms with E-state index in [2.05, 4.69) is 29.6 Å². The van der Waals surface area contributed by atoms with Gasteiger partial charge in [-0.25, -0.2) is 0 Å². The van der Waals surface area contributed by atoms with Crippen LogP contribution in [0.2, 0.25) is 0 Å². The number of hydrogen-bond acceptors (Lipinski definition) is 1. The van der Waals surface area contributed by atoms with E-state index in [4.69, 9.17) is 0 Å². The molecule has 1 aliphatic rings. The van der Waals surface area contributed by atoms with Gasteiger partial charge in [0.05, 0.1) is 0 Å². The lowest BCUT2D eigenvalue weighted by Gasteiger charge is -2.05. The first-order valence-corrected chi connectivity index (χ1v) is 3.42. The highest BCUT2D eigenvalue weighted by atomic mass is 14.8. The lowest BCUT2D eigenvalue weighted by Crippen LogP contribution is -2.21. The number of allylic oxidation sites excluding steroid dienone is 2. The second kappa shape index (κ2) is 3.46. The molecule has 0 radical (unpaired) electrons. The van der Waals surface area contributed by atoms with Gasteiger partial charge in [-0.3, -0.25) is 0 Å². The van der Waals surface area contributed by atoms with Gasteiger partial charge in [0.2, 0.25) is 0 Å². The summed E-state index contributed by atoms with van der Waals surface area (Å²) in [4.78, 5) is 0. The van der Waals surface area contributed by atoms with Crippen LogP contribution in [-0.2, 0) is 0 Å². The Kier molecular flexibility index (Phi) is 2.52. The van der Waals surface area contributed by atoms with Crippen molar-refractivity contribution in [3.63, 3.8) is 0 Å². The Morgan fingerprint density at radius 1 is 1.44 bits per heavy atom. The summed E-state index contributed by atoms with van der Waals surface area (Å²) in [6.45, 7) is 0. The minimum absolute atomic E-state index is 0. The maximum absolute atomic E-state index is 3.21. The first kappa shape index (κ1) is 6.56. The van der Waals surface area contributed by atoms with E-state index in [1.807, 2.05) is 7.05 Å². The predicted octanol–water partition coefficient (Wildman–Crippen LogP) is 1.73. The third-order valence-corrected chi connectivity index (χ3v) is 1.57. The van der Waals surface area contributed by atoms with Gasteiger partial charge in [0.1, 0.15) is 0 Å². The fourth-order valence-corrected chi connectivity index (χ4v) is 0.953. The van der Waals surface area contributed by atoms with Crippen LogP contribution in [0.15, 0.2) is 24.3 Å². The molecule has 0 bridgehead atoms. The van der Waals surface area contributed by atoms with Crippen molar-refractivity contribution in [1.82, 2.24) is 5.32 Å². The van der Waals surface area contributed by atoms with Crippen LogP contribution < -0.4 is 5.32 Å². The molecule has 1 aliphatic carbocycles. The molecule has 0 aromatic heterocycles. The Morgan fingerprint density at radius 2 is 2.33 bits per heavy atom. The van der Waals surface area contributed by atoms with Gasteiger partial charge >= 0.3 is 0 Å². The van der Waals surface area contributed by atoms with E-state index in [1.165, 1.54) is 0 Å². The summed E-state index contributed by atoms with van der Waals surface area (Å²) in [5.41, 5.74) is 0. The fraction of sp³-hybridized carbons (Fsp3) is 0.500. The van der Waals surface area contributed by atoms with Crippen molar-refractivity contribution < 1.29 is 1.43 Å². The van der Waals surface area contributed by atoms with Gasteiger partial charge in [0, 0.05) is 7.47 Å². The first-order chi connectivity index (χ1) is 4.43. The number of likely N-dealkylation sites (N-methyl/N-ethyl adjacent to an activating group) is 1. The average molecular weight is 125 g/mol. The van der Waals surface area contributed by atoms with Crippen LogP contribution in [0.3, 0.4) is 0 Å². The lowest BCUT2D eigenvalue weighted by molar-refractivity contribution is 0.679. The normalized spacial score (nSPS) is 26.1. The Morgan fingerprint density at radius 3 is 3.11 bits per heavy atom. The third-order valence-electron chi connectivity index (χ3n) is 1.57. The Hall–Kier alpha value is -0.560. The molecule has 1 rings (SSSR count). The summed E-state index contributed by atoms with van der Waals surface area (Å²) < 4.78 is 0. The highest BCUT2D eigenvalue weighted by molar-refractivity contribution is 5.05. The van der Waals surface area contributed by atoms with Crippen LogP contribution in [0.4, 0.5) is 0 Å². The van der Waals surface area contributed by atoms with Gasteiger partial charge in [-0.15, -0.1) is 0 Å². The van der Waals surface area contributed by atoms with E-state index in [0.717, 1.165) is 12.8 Å². The van der Waals surface area contributed by atoms with E-state index >= 15 is 0 Å². The Labute approximate surface area is 57.9 Å². The predicted molar refractivity (Wildman–Crippen MR) is 42.5 cm³/mol. The number of nitrogens with one attached hydrogen (secondary N) is 1. The van der Waals surface area contributed by atoms with Crippen molar-refractivity contribution >= 4 is 0 Å². The topological polar surface area (TPSA) is 12.0 Å². The smallest absolute Gasteiger partial charge is 0.0281 e. The van der Waals surface area contributed by atoms with Crippen molar-refractivity contribution in [3.05, 3.63) is 24.3 Å². The quantitative estimate of drug-likeness (QED) is 0.526. The van der Waals surface area contributed by atoms with E-state index in [0.29, 0.717) is 6.04 Å². The maximum atomic E-state index is 3.21. The van der Waals surface area contributed by atoms with Crippen LogP contribution in [-0.4, -0.2) is 13.1 Å². The summed E-state index contributed by atoms with van der Waals surface area (Å²) in [7, 11) is 1.99. The monoisotopic (exact) mass is 125 g/mol. The molecule has 1 atom stereocenters. The second-order valence-corrected chi connectivity index (χ2v) is 2.27. The summed E-state index contributed by atoms with van der Waals surface area (Å²) in [5.74, 6) is 0. The average Bonchev–Trinajstić information content (AvgIpc) is 2.13. The van der Waals surface area contributed by atoms with E-state index in [-0.39, 0.29) is 1.43 Å². The molecule has 0 amide bonds. The van der Waals surface area contributed by atoms with Crippen molar-refractivity contribution in [2.45, 2.75) is 18.9 Å². The van der Waals surface area contributed by atoms with E-state index in [1.54, 1.807) is 0 Å². The maximum Gasteiger partial charge on any atom is 0.0281 e. The molecule has 0 saturated heterocycles. The molecule has 1 heteroatoms. The zero-order valence-electron chi connectivity index (χ0n) is 5.80. The minimum Gasteiger partial charge on any atom is -0.313 e. The molecule has 9 heavy (non-hydrogen) atoms. The number of rotatable bonds is 1. The third kappa shape index (κ3) is 2.02. The Bertz CT molecular complexity index is 129. The first-order valence-electron chi connectivity index (χ1n) is 3.42. The zero-order chi connectivity index (χ0) is 6.53. The van der Waals surface area contributed by atoms with E-state index in [9.17, 15) is 0 Å². The molecule has 52 valence electrons. The molecule has 1 N–H and O–H groups in total. The molecule has 0 fully saturated rings. The molecule has 0 spiro atoms.